The molecule has 1 aliphatic rings. The summed E-state index contributed by atoms with van der Waals surface area (Å²) in [7, 11) is 5.43. The summed E-state index contributed by atoms with van der Waals surface area (Å²) >= 11 is 5.98. The number of nitrogens with zero attached hydrogens (tertiary/aromatic N) is 2. The number of carbonyl (C=O) groups excluding carboxylic acids is 2. The van der Waals surface area contributed by atoms with Gasteiger partial charge >= 0.3 is 0 Å². The molecule has 3 rings (SSSR count). The molecule has 1 saturated heterocycles. The van der Waals surface area contributed by atoms with Gasteiger partial charge in [0.25, 0.3) is 11.7 Å². The zero-order valence-corrected chi connectivity index (χ0v) is 20.1. The van der Waals surface area contributed by atoms with Crippen molar-refractivity contribution in [2.24, 2.45) is 0 Å². The summed E-state index contributed by atoms with van der Waals surface area (Å²) in [6.45, 7) is 3.45. The first-order chi connectivity index (χ1) is 15.8. The Morgan fingerprint density at radius 1 is 1.12 bits per heavy atom. The van der Waals surface area contributed by atoms with Gasteiger partial charge in [-0.15, -0.1) is 0 Å². The van der Waals surface area contributed by atoms with E-state index in [9.17, 15) is 14.7 Å². The molecule has 1 heterocycles. The average Bonchev–Trinajstić information content (AvgIpc) is 3.04. The largest absolute Gasteiger partial charge is 0.507 e. The summed E-state index contributed by atoms with van der Waals surface area (Å²) in [5, 5.41) is 11.6. The van der Waals surface area contributed by atoms with Crippen molar-refractivity contribution < 1.29 is 24.2 Å². The second kappa shape index (κ2) is 10.7. The zero-order chi connectivity index (χ0) is 24.1. The Morgan fingerprint density at radius 3 is 2.42 bits per heavy atom. The highest BCUT2D eigenvalue weighted by Crippen LogP contribution is 2.42. The highest BCUT2D eigenvalue weighted by Gasteiger charge is 2.46. The lowest BCUT2D eigenvalue weighted by Gasteiger charge is -2.26. The number of benzene rings is 2. The van der Waals surface area contributed by atoms with E-state index >= 15 is 0 Å². The molecule has 2 aromatic rings. The summed E-state index contributed by atoms with van der Waals surface area (Å²) < 4.78 is 11.1. The Kier molecular flexibility index (Phi) is 8.00. The maximum atomic E-state index is 13.1. The maximum absolute atomic E-state index is 13.1. The van der Waals surface area contributed by atoms with Crippen molar-refractivity contribution in [1.82, 2.24) is 9.80 Å². The summed E-state index contributed by atoms with van der Waals surface area (Å²) in [6, 6.07) is 11.0. The molecule has 2 aromatic carbocycles. The van der Waals surface area contributed by atoms with Crippen LogP contribution in [0.15, 0.2) is 48.0 Å². The Morgan fingerprint density at radius 2 is 1.82 bits per heavy atom. The molecule has 0 radical (unpaired) electrons. The number of carbonyl (C=O) groups is 2. The quantitative estimate of drug-likeness (QED) is 0.336. The van der Waals surface area contributed by atoms with E-state index in [-0.39, 0.29) is 11.3 Å². The Labute approximate surface area is 199 Å². The Bertz CT molecular complexity index is 1050. The third-order valence-corrected chi connectivity index (χ3v) is 5.72. The van der Waals surface area contributed by atoms with Crippen LogP contribution in [0.1, 0.15) is 30.5 Å². The minimum Gasteiger partial charge on any atom is -0.507 e. The zero-order valence-electron chi connectivity index (χ0n) is 19.3. The molecule has 1 aliphatic heterocycles. The van der Waals surface area contributed by atoms with Gasteiger partial charge in [-0.2, -0.15) is 0 Å². The van der Waals surface area contributed by atoms with E-state index in [1.807, 2.05) is 25.9 Å². The number of ether oxygens (including phenoxy) is 2. The first-order valence-electron chi connectivity index (χ1n) is 10.8. The van der Waals surface area contributed by atoms with Crippen LogP contribution in [0.25, 0.3) is 5.76 Å². The molecule has 0 saturated carbocycles. The van der Waals surface area contributed by atoms with Crippen molar-refractivity contribution in [3.63, 3.8) is 0 Å². The van der Waals surface area contributed by atoms with Crippen LogP contribution in [-0.4, -0.2) is 67.5 Å². The number of likely N-dealkylation sites (tertiary alicyclic amines) is 1. The van der Waals surface area contributed by atoms with E-state index < -0.39 is 17.7 Å². The van der Waals surface area contributed by atoms with Gasteiger partial charge in [-0.05, 0) is 75.9 Å². The van der Waals surface area contributed by atoms with Gasteiger partial charge in [0, 0.05) is 17.1 Å². The number of ketones is 1. The van der Waals surface area contributed by atoms with Crippen LogP contribution in [0.5, 0.6) is 11.5 Å². The molecule has 33 heavy (non-hydrogen) atoms. The van der Waals surface area contributed by atoms with E-state index in [2.05, 4.69) is 0 Å². The van der Waals surface area contributed by atoms with Gasteiger partial charge in [0.1, 0.15) is 5.76 Å². The van der Waals surface area contributed by atoms with E-state index in [0.717, 1.165) is 6.54 Å². The van der Waals surface area contributed by atoms with Crippen molar-refractivity contribution in [2.75, 3.05) is 40.9 Å². The molecular weight excluding hydrogens is 444 g/mol. The molecular formula is C25H29ClN2O5. The van der Waals surface area contributed by atoms with Gasteiger partial charge < -0.3 is 24.4 Å². The number of methoxy groups -OCH3 is 1. The predicted octanol–water partition coefficient (Wildman–Crippen LogP) is 4.12. The van der Waals surface area contributed by atoms with E-state index in [1.165, 1.54) is 12.0 Å². The average molecular weight is 473 g/mol. The van der Waals surface area contributed by atoms with Crippen LogP contribution < -0.4 is 9.47 Å². The smallest absolute Gasteiger partial charge is 0.295 e. The van der Waals surface area contributed by atoms with Gasteiger partial charge in [-0.3, -0.25) is 9.59 Å². The molecule has 0 spiro atoms. The number of aliphatic hydroxyl groups is 1. The van der Waals surface area contributed by atoms with Crippen LogP contribution in [0.4, 0.5) is 0 Å². The van der Waals surface area contributed by atoms with Gasteiger partial charge in [-0.1, -0.05) is 17.7 Å². The van der Waals surface area contributed by atoms with Gasteiger partial charge in [0.05, 0.1) is 25.3 Å². The van der Waals surface area contributed by atoms with Crippen molar-refractivity contribution >= 4 is 29.1 Å². The van der Waals surface area contributed by atoms with Gasteiger partial charge in [0.2, 0.25) is 0 Å². The van der Waals surface area contributed by atoms with Crippen molar-refractivity contribution in [3.8, 4) is 11.5 Å². The molecule has 0 aliphatic carbocycles. The fourth-order valence-corrected chi connectivity index (χ4v) is 4.03. The lowest BCUT2D eigenvalue weighted by Crippen LogP contribution is -2.32. The number of halogens is 1. The lowest BCUT2D eigenvalue weighted by molar-refractivity contribution is -0.139. The molecule has 0 bridgehead atoms. The maximum Gasteiger partial charge on any atom is 0.295 e. The first-order valence-corrected chi connectivity index (χ1v) is 11.2. The number of amides is 1. The van der Waals surface area contributed by atoms with Crippen LogP contribution in [0.2, 0.25) is 5.02 Å². The predicted molar refractivity (Wildman–Crippen MR) is 128 cm³/mol. The van der Waals surface area contributed by atoms with Crippen LogP contribution in [0.3, 0.4) is 0 Å². The second-order valence-corrected chi connectivity index (χ2v) is 8.44. The molecule has 1 atom stereocenters. The number of hydrogen-bond acceptors (Lipinski definition) is 6. The molecule has 0 unspecified atom stereocenters. The van der Waals surface area contributed by atoms with Crippen LogP contribution in [-0.2, 0) is 9.59 Å². The number of aliphatic hydroxyl groups excluding tert-OH is 1. The van der Waals surface area contributed by atoms with Crippen LogP contribution >= 0.6 is 11.6 Å². The minimum atomic E-state index is -0.757. The monoisotopic (exact) mass is 472 g/mol. The van der Waals surface area contributed by atoms with Crippen molar-refractivity contribution in [2.45, 2.75) is 19.4 Å². The lowest BCUT2D eigenvalue weighted by atomic mass is 9.95. The SMILES string of the molecule is CCOc1ccc([C@@H]2/C(=C(/O)c3ccc(Cl)cc3)C(=O)C(=O)N2CCCN(C)C)cc1OC. The third kappa shape index (κ3) is 5.31. The molecule has 8 heteroatoms. The van der Waals surface area contributed by atoms with Gasteiger partial charge in [0.15, 0.2) is 11.5 Å². The molecule has 176 valence electrons. The summed E-state index contributed by atoms with van der Waals surface area (Å²) in [5.74, 6) is -0.545. The van der Waals surface area contributed by atoms with E-state index in [0.29, 0.717) is 47.2 Å². The highest BCUT2D eigenvalue weighted by molar-refractivity contribution is 6.46. The summed E-state index contributed by atoms with van der Waals surface area (Å²) in [6.07, 6.45) is 0.672. The fraction of sp³-hybridized carbons (Fsp3) is 0.360. The van der Waals surface area contributed by atoms with Crippen molar-refractivity contribution in [3.05, 3.63) is 64.2 Å². The number of rotatable bonds is 9. The first kappa shape index (κ1) is 24.6. The van der Waals surface area contributed by atoms with Crippen molar-refractivity contribution in [1.29, 1.82) is 0 Å². The van der Waals surface area contributed by atoms with Crippen LogP contribution in [0, 0.1) is 0 Å². The number of Topliss-reactive ketones (excluding diaryl/α,β-unsaturated/α-hetero) is 1. The third-order valence-electron chi connectivity index (χ3n) is 5.47. The molecule has 7 nitrogen and oxygen atoms in total. The van der Waals surface area contributed by atoms with Gasteiger partial charge in [-0.25, -0.2) is 0 Å². The van der Waals surface area contributed by atoms with E-state index in [4.69, 9.17) is 21.1 Å². The highest BCUT2D eigenvalue weighted by atomic mass is 35.5. The topological polar surface area (TPSA) is 79.3 Å². The molecule has 0 aromatic heterocycles. The number of hydrogen-bond donors (Lipinski definition) is 1. The fourth-order valence-electron chi connectivity index (χ4n) is 3.91. The normalized spacial score (nSPS) is 17.6. The molecule has 1 N–H and O–H groups in total. The Hall–Kier alpha value is -3.03. The summed E-state index contributed by atoms with van der Waals surface area (Å²) in [4.78, 5) is 29.7. The van der Waals surface area contributed by atoms with E-state index in [1.54, 1.807) is 42.5 Å². The minimum absolute atomic E-state index is 0.0402. The second-order valence-electron chi connectivity index (χ2n) is 8.00. The molecule has 1 amide bonds. The Balaban J connectivity index is 2.12. The molecule has 1 fully saturated rings. The standard InChI is InChI=1S/C25H29ClN2O5/c1-5-33-19-12-9-17(15-20(19)32-4)22-21(23(29)16-7-10-18(26)11-8-16)24(30)25(31)28(22)14-6-13-27(2)3/h7-12,15,22,29H,5-6,13-14H2,1-4H3/b23-21-/t22-/m1/s1. The summed E-state index contributed by atoms with van der Waals surface area (Å²) in [5.41, 5.74) is 1.10.